The number of carbonyl (C=O) groups is 2. The molecule has 1 N–H and O–H groups in total. The normalized spacial score (nSPS) is 29.5. The number of rotatable bonds is 5. The van der Waals surface area contributed by atoms with Crippen molar-refractivity contribution in [2.24, 2.45) is 23.7 Å². The summed E-state index contributed by atoms with van der Waals surface area (Å²) in [6.45, 7) is 4.42. The molecule has 5 heteroatoms. The molecule has 0 unspecified atom stereocenters. The first-order chi connectivity index (χ1) is 12.6. The molecule has 1 aromatic rings. The zero-order valence-electron chi connectivity index (χ0n) is 15.8. The van der Waals surface area contributed by atoms with Crippen molar-refractivity contribution in [3.63, 3.8) is 0 Å². The van der Waals surface area contributed by atoms with Crippen molar-refractivity contribution in [2.45, 2.75) is 65.2 Å². The fraction of sp³-hybridized carbons (Fsp3) is 0.714. The molecule has 26 heavy (non-hydrogen) atoms. The lowest BCUT2D eigenvalue weighted by molar-refractivity contribution is -0.121. The molecule has 1 heterocycles. The molecule has 0 aromatic carbocycles. The lowest BCUT2D eigenvalue weighted by Crippen LogP contribution is -2.27. The number of esters is 1. The van der Waals surface area contributed by atoms with E-state index >= 15 is 0 Å². The Bertz CT molecular complexity index is 710. The average Bonchev–Trinajstić information content (AvgIpc) is 3.34. The molecule has 142 valence electrons. The van der Waals surface area contributed by atoms with Crippen LogP contribution in [0.2, 0.25) is 0 Å². The predicted molar refractivity (Wildman–Crippen MR) is 104 cm³/mol. The van der Waals surface area contributed by atoms with Crippen molar-refractivity contribution in [1.29, 1.82) is 0 Å². The minimum atomic E-state index is -0.275. The van der Waals surface area contributed by atoms with Crippen LogP contribution in [0.4, 0.5) is 5.00 Å². The molecule has 2 fully saturated rings. The monoisotopic (exact) mass is 375 g/mol. The van der Waals surface area contributed by atoms with Crippen LogP contribution < -0.4 is 5.32 Å². The molecule has 1 aromatic heterocycles. The van der Waals surface area contributed by atoms with Gasteiger partial charge in [-0.15, -0.1) is 11.3 Å². The number of hydrogen-bond donors (Lipinski definition) is 1. The number of fused-ring (bicyclic) bond motifs is 3. The number of anilines is 1. The number of hydrogen-bond acceptors (Lipinski definition) is 4. The molecule has 3 aliphatic rings. The van der Waals surface area contributed by atoms with Gasteiger partial charge in [0.15, 0.2) is 0 Å². The maximum Gasteiger partial charge on any atom is 0.341 e. The van der Waals surface area contributed by atoms with Gasteiger partial charge >= 0.3 is 5.97 Å². The van der Waals surface area contributed by atoms with Gasteiger partial charge in [0, 0.05) is 10.8 Å². The standard InChI is InChI=1S/C21H29NO3S/c1-3-12-6-8-15-17(11-12)26-20(18(15)21(24)25-4-2)22-19(23)16-10-13-5-7-14(16)9-13/h12-14,16H,3-11H2,1-2H3,(H,22,23)/t12-,13+,14+,16+/m1/s1. The Balaban J connectivity index is 1.59. The maximum atomic E-state index is 12.9. The van der Waals surface area contributed by atoms with E-state index in [1.807, 2.05) is 6.92 Å². The summed E-state index contributed by atoms with van der Waals surface area (Å²) in [7, 11) is 0. The average molecular weight is 376 g/mol. The van der Waals surface area contributed by atoms with Gasteiger partial charge in [0.05, 0.1) is 12.2 Å². The maximum absolute atomic E-state index is 12.9. The van der Waals surface area contributed by atoms with Gasteiger partial charge in [0.25, 0.3) is 0 Å². The first-order valence-electron chi connectivity index (χ1n) is 10.2. The molecule has 0 spiro atoms. The highest BCUT2D eigenvalue weighted by Crippen LogP contribution is 2.49. The quantitative estimate of drug-likeness (QED) is 0.751. The SMILES string of the molecule is CCOC(=O)c1c(NC(=O)[C@H]2C[C@H]3CC[C@H]2C3)sc2c1CC[C@@H](CC)C2. The van der Waals surface area contributed by atoms with Gasteiger partial charge in [-0.25, -0.2) is 4.79 Å². The summed E-state index contributed by atoms with van der Waals surface area (Å²) in [4.78, 5) is 26.8. The Labute approximate surface area is 159 Å². The second kappa shape index (κ2) is 7.34. The zero-order chi connectivity index (χ0) is 18.3. The highest BCUT2D eigenvalue weighted by Gasteiger charge is 2.43. The van der Waals surface area contributed by atoms with E-state index in [9.17, 15) is 9.59 Å². The molecule has 3 aliphatic carbocycles. The van der Waals surface area contributed by atoms with Crippen LogP contribution in [0.25, 0.3) is 0 Å². The molecule has 0 radical (unpaired) electrons. The van der Waals surface area contributed by atoms with Crippen molar-refractivity contribution in [3.8, 4) is 0 Å². The Hall–Kier alpha value is -1.36. The molecule has 4 nitrogen and oxygen atoms in total. The number of thiophene rings is 1. The zero-order valence-corrected chi connectivity index (χ0v) is 16.6. The number of amides is 1. The summed E-state index contributed by atoms with van der Waals surface area (Å²) < 4.78 is 5.32. The number of nitrogens with one attached hydrogen (secondary N) is 1. The number of ether oxygens (including phenoxy) is 1. The van der Waals surface area contributed by atoms with E-state index in [-0.39, 0.29) is 17.8 Å². The first kappa shape index (κ1) is 18.0. The van der Waals surface area contributed by atoms with Gasteiger partial charge in [0.2, 0.25) is 5.91 Å². The Kier molecular flexibility index (Phi) is 5.09. The Morgan fingerprint density at radius 1 is 1.19 bits per heavy atom. The van der Waals surface area contributed by atoms with Gasteiger partial charge in [-0.2, -0.15) is 0 Å². The van der Waals surface area contributed by atoms with Crippen LogP contribution in [-0.4, -0.2) is 18.5 Å². The van der Waals surface area contributed by atoms with Gasteiger partial charge in [-0.05, 0) is 68.8 Å². The minimum Gasteiger partial charge on any atom is -0.462 e. The minimum absolute atomic E-state index is 0.119. The van der Waals surface area contributed by atoms with Crippen LogP contribution in [-0.2, 0) is 22.4 Å². The van der Waals surface area contributed by atoms with Crippen molar-refractivity contribution < 1.29 is 14.3 Å². The second-order valence-electron chi connectivity index (χ2n) is 8.22. The molecule has 0 saturated heterocycles. The fourth-order valence-corrected chi connectivity index (χ4v) is 6.63. The molecule has 4 rings (SSSR count). The van der Waals surface area contributed by atoms with E-state index in [1.165, 1.54) is 30.6 Å². The van der Waals surface area contributed by atoms with E-state index in [0.29, 0.717) is 24.0 Å². The highest BCUT2D eigenvalue weighted by molar-refractivity contribution is 7.17. The summed E-state index contributed by atoms with van der Waals surface area (Å²) in [6.07, 6.45) is 8.93. The van der Waals surface area contributed by atoms with Gasteiger partial charge in [0.1, 0.15) is 5.00 Å². The van der Waals surface area contributed by atoms with E-state index in [4.69, 9.17) is 4.74 Å². The fourth-order valence-electron chi connectivity index (χ4n) is 5.28. The van der Waals surface area contributed by atoms with E-state index in [0.717, 1.165) is 42.2 Å². The third-order valence-corrected chi connectivity index (χ3v) is 7.91. The molecule has 2 saturated carbocycles. The molecule has 4 atom stereocenters. The van der Waals surface area contributed by atoms with E-state index in [1.54, 1.807) is 11.3 Å². The van der Waals surface area contributed by atoms with Crippen molar-refractivity contribution in [2.75, 3.05) is 11.9 Å². The molecule has 1 amide bonds. The van der Waals surface area contributed by atoms with Gasteiger partial charge < -0.3 is 10.1 Å². The number of carbonyl (C=O) groups excluding carboxylic acids is 2. The van der Waals surface area contributed by atoms with E-state index < -0.39 is 0 Å². The molecular formula is C21H29NO3S. The van der Waals surface area contributed by atoms with Gasteiger partial charge in [-0.3, -0.25) is 4.79 Å². The van der Waals surface area contributed by atoms with Crippen LogP contribution in [0.1, 0.15) is 73.2 Å². The van der Waals surface area contributed by atoms with Crippen molar-refractivity contribution in [1.82, 2.24) is 0 Å². The topological polar surface area (TPSA) is 55.4 Å². The highest BCUT2D eigenvalue weighted by atomic mass is 32.1. The second-order valence-corrected chi connectivity index (χ2v) is 9.32. The smallest absolute Gasteiger partial charge is 0.341 e. The summed E-state index contributed by atoms with van der Waals surface area (Å²) in [5, 5.41) is 3.88. The van der Waals surface area contributed by atoms with Crippen molar-refractivity contribution in [3.05, 3.63) is 16.0 Å². The Morgan fingerprint density at radius 2 is 2.04 bits per heavy atom. The third kappa shape index (κ3) is 3.19. The summed E-state index contributed by atoms with van der Waals surface area (Å²) >= 11 is 1.61. The van der Waals surface area contributed by atoms with Crippen LogP contribution in [0.3, 0.4) is 0 Å². The first-order valence-corrected chi connectivity index (χ1v) is 11.0. The van der Waals surface area contributed by atoms with Gasteiger partial charge in [-0.1, -0.05) is 19.8 Å². The summed E-state index contributed by atoms with van der Waals surface area (Å²) in [5.74, 6) is 1.94. The van der Waals surface area contributed by atoms with E-state index in [2.05, 4.69) is 12.2 Å². The lowest BCUT2D eigenvalue weighted by atomic mass is 9.85. The molecule has 2 bridgehead atoms. The molecule has 0 aliphatic heterocycles. The molecular weight excluding hydrogens is 346 g/mol. The Morgan fingerprint density at radius 3 is 2.69 bits per heavy atom. The van der Waals surface area contributed by atoms with Crippen LogP contribution in [0.15, 0.2) is 0 Å². The largest absolute Gasteiger partial charge is 0.462 e. The third-order valence-electron chi connectivity index (χ3n) is 6.74. The van der Waals surface area contributed by atoms with Crippen LogP contribution in [0, 0.1) is 23.7 Å². The van der Waals surface area contributed by atoms with Crippen molar-refractivity contribution >= 4 is 28.2 Å². The predicted octanol–water partition coefficient (Wildman–Crippen LogP) is 4.81. The summed E-state index contributed by atoms with van der Waals surface area (Å²) in [5.41, 5.74) is 1.76. The van der Waals surface area contributed by atoms with Crippen LogP contribution >= 0.6 is 11.3 Å². The van der Waals surface area contributed by atoms with Crippen LogP contribution in [0.5, 0.6) is 0 Å². The lowest BCUT2D eigenvalue weighted by Gasteiger charge is -2.21. The summed E-state index contributed by atoms with van der Waals surface area (Å²) in [6, 6.07) is 0.